The van der Waals surface area contributed by atoms with E-state index >= 15 is 0 Å². The summed E-state index contributed by atoms with van der Waals surface area (Å²) in [4.78, 5) is -0.0608. The molecular weight excluding hydrogens is 333 g/mol. The SMILES string of the molecule is CC(CNS(=O)(=O)c1ccc(Br)c(F)c1)C(C)(C)C. The van der Waals surface area contributed by atoms with E-state index in [1.165, 1.54) is 12.1 Å². The van der Waals surface area contributed by atoms with Crippen LogP contribution in [0.2, 0.25) is 0 Å². The Balaban J connectivity index is 2.85. The Morgan fingerprint density at radius 2 is 1.95 bits per heavy atom. The minimum Gasteiger partial charge on any atom is -0.211 e. The lowest BCUT2D eigenvalue weighted by atomic mass is 9.82. The molecule has 3 nitrogen and oxygen atoms in total. The maximum absolute atomic E-state index is 13.4. The number of nitrogens with one attached hydrogen (secondary N) is 1. The molecule has 1 N–H and O–H groups in total. The Bertz CT molecular complexity index is 552. The molecule has 108 valence electrons. The summed E-state index contributed by atoms with van der Waals surface area (Å²) in [6, 6.07) is 3.77. The summed E-state index contributed by atoms with van der Waals surface area (Å²) in [6.07, 6.45) is 0. The summed E-state index contributed by atoms with van der Waals surface area (Å²) in [5, 5.41) is 0. The van der Waals surface area contributed by atoms with Crippen molar-refractivity contribution in [2.75, 3.05) is 6.54 Å². The molecule has 0 aliphatic rings. The van der Waals surface area contributed by atoms with Gasteiger partial charge in [0.1, 0.15) is 5.82 Å². The monoisotopic (exact) mass is 351 g/mol. The lowest BCUT2D eigenvalue weighted by Gasteiger charge is -2.27. The molecule has 1 aromatic rings. The third-order valence-corrected chi connectivity index (χ3v) is 5.32. The van der Waals surface area contributed by atoms with Gasteiger partial charge >= 0.3 is 0 Å². The average Bonchev–Trinajstić information content (AvgIpc) is 2.28. The van der Waals surface area contributed by atoms with Crippen molar-refractivity contribution >= 4 is 26.0 Å². The zero-order valence-corrected chi connectivity index (χ0v) is 13.9. The topological polar surface area (TPSA) is 46.2 Å². The van der Waals surface area contributed by atoms with Crippen molar-refractivity contribution in [1.29, 1.82) is 0 Å². The number of hydrogen-bond acceptors (Lipinski definition) is 2. The molecule has 0 fully saturated rings. The first-order chi connectivity index (χ1) is 8.54. The van der Waals surface area contributed by atoms with Crippen LogP contribution in [-0.4, -0.2) is 15.0 Å². The highest BCUT2D eigenvalue weighted by atomic mass is 79.9. The van der Waals surface area contributed by atoms with Crippen LogP contribution in [0.4, 0.5) is 4.39 Å². The molecule has 0 saturated carbocycles. The van der Waals surface area contributed by atoms with Gasteiger partial charge in [-0.25, -0.2) is 17.5 Å². The van der Waals surface area contributed by atoms with E-state index in [1.54, 1.807) is 0 Å². The van der Waals surface area contributed by atoms with E-state index in [-0.39, 0.29) is 20.7 Å². The Morgan fingerprint density at radius 3 is 2.42 bits per heavy atom. The van der Waals surface area contributed by atoms with Crippen LogP contribution in [0.15, 0.2) is 27.6 Å². The smallest absolute Gasteiger partial charge is 0.211 e. The summed E-state index contributed by atoms with van der Waals surface area (Å²) in [6.45, 7) is 8.44. The Morgan fingerprint density at radius 1 is 1.37 bits per heavy atom. The normalized spacial score (nSPS) is 14.4. The number of sulfonamides is 1. The molecule has 1 rings (SSSR count). The zero-order valence-electron chi connectivity index (χ0n) is 11.5. The molecule has 0 heterocycles. The van der Waals surface area contributed by atoms with Crippen molar-refractivity contribution in [3.05, 3.63) is 28.5 Å². The molecule has 0 aromatic heterocycles. The first kappa shape index (κ1) is 16.6. The Hall–Kier alpha value is -0.460. The molecule has 1 unspecified atom stereocenters. The van der Waals surface area contributed by atoms with Gasteiger partial charge in [-0.1, -0.05) is 27.7 Å². The molecule has 0 bridgehead atoms. The minimum atomic E-state index is -3.67. The molecule has 1 aromatic carbocycles. The second-order valence-electron chi connectivity index (χ2n) is 5.69. The van der Waals surface area contributed by atoms with Crippen LogP contribution in [0.1, 0.15) is 27.7 Å². The Labute approximate surface area is 122 Å². The fourth-order valence-corrected chi connectivity index (χ4v) is 2.66. The molecule has 0 aliphatic heterocycles. The van der Waals surface area contributed by atoms with E-state index < -0.39 is 15.8 Å². The van der Waals surface area contributed by atoms with E-state index in [2.05, 4.69) is 20.7 Å². The standard InChI is InChI=1S/C13H19BrFNO2S/c1-9(13(2,3)4)8-16-19(17,18)10-5-6-11(14)12(15)7-10/h5-7,9,16H,8H2,1-4H3. The van der Waals surface area contributed by atoms with Crippen LogP contribution in [0.3, 0.4) is 0 Å². The second kappa shape index (κ2) is 5.89. The van der Waals surface area contributed by atoms with Gasteiger partial charge in [-0.2, -0.15) is 0 Å². The van der Waals surface area contributed by atoms with Crippen molar-refractivity contribution in [2.24, 2.45) is 11.3 Å². The van der Waals surface area contributed by atoms with Crippen LogP contribution in [0.25, 0.3) is 0 Å². The molecule has 0 spiro atoms. The van der Waals surface area contributed by atoms with Gasteiger partial charge in [-0.3, -0.25) is 0 Å². The van der Waals surface area contributed by atoms with Crippen molar-refractivity contribution < 1.29 is 12.8 Å². The molecule has 0 saturated heterocycles. The van der Waals surface area contributed by atoms with Gasteiger partial charge in [0, 0.05) is 6.54 Å². The van der Waals surface area contributed by atoms with Gasteiger partial charge in [0.25, 0.3) is 0 Å². The highest BCUT2D eigenvalue weighted by Gasteiger charge is 2.23. The summed E-state index contributed by atoms with van der Waals surface area (Å²) in [5.41, 5.74) is 0.00743. The van der Waals surface area contributed by atoms with Crippen LogP contribution >= 0.6 is 15.9 Å². The van der Waals surface area contributed by atoms with Gasteiger partial charge in [0.05, 0.1) is 9.37 Å². The number of benzene rings is 1. The quantitative estimate of drug-likeness (QED) is 0.901. The number of hydrogen-bond donors (Lipinski definition) is 1. The third kappa shape index (κ3) is 4.54. The highest BCUT2D eigenvalue weighted by molar-refractivity contribution is 9.10. The van der Waals surface area contributed by atoms with Crippen LogP contribution in [-0.2, 0) is 10.0 Å². The minimum absolute atomic E-state index is 0.00743. The number of halogens is 2. The second-order valence-corrected chi connectivity index (χ2v) is 8.32. The lowest BCUT2D eigenvalue weighted by molar-refractivity contribution is 0.263. The largest absolute Gasteiger partial charge is 0.240 e. The summed E-state index contributed by atoms with van der Waals surface area (Å²) in [7, 11) is -3.67. The van der Waals surface area contributed by atoms with Gasteiger partial charge in [0.2, 0.25) is 10.0 Å². The van der Waals surface area contributed by atoms with E-state index in [0.29, 0.717) is 6.54 Å². The first-order valence-electron chi connectivity index (χ1n) is 5.99. The molecule has 1 atom stereocenters. The van der Waals surface area contributed by atoms with Gasteiger partial charge < -0.3 is 0 Å². The van der Waals surface area contributed by atoms with Crippen molar-refractivity contribution in [1.82, 2.24) is 4.72 Å². The van der Waals surface area contributed by atoms with Crippen LogP contribution < -0.4 is 4.72 Å². The fraction of sp³-hybridized carbons (Fsp3) is 0.538. The molecule has 0 radical (unpaired) electrons. The molecule has 0 amide bonds. The maximum atomic E-state index is 13.4. The van der Waals surface area contributed by atoms with Crippen LogP contribution in [0.5, 0.6) is 0 Å². The molecule has 0 aliphatic carbocycles. The van der Waals surface area contributed by atoms with Crippen LogP contribution in [0, 0.1) is 17.2 Å². The lowest BCUT2D eigenvalue weighted by Crippen LogP contribution is -2.33. The van der Waals surface area contributed by atoms with E-state index in [0.717, 1.165) is 6.07 Å². The fourth-order valence-electron chi connectivity index (χ4n) is 1.27. The maximum Gasteiger partial charge on any atom is 0.240 e. The van der Waals surface area contributed by atoms with Crippen molar-refractivity contribution in [3.63, 3.8) is 0 Å². The van der Waals surface area contributed by atoms with Gasteiger partial charge in [0.15, 0.2) is 0 Å². The van der Waals surface area contributed by atoms with Gasteiger partial charge in [-0.05, 0) is 45.5 Å². The third-order valence-electron chi connectivity index (χ3n) is 3.26. The van der Waals surface area contributed by atoms with E-state index in [4.69, 9.17) is 0 Å². The van der Waals surface area contributed by atoms with Gasteiger partial charge in [-0.15, -0.1) is 0 Å². The van der Waals surface area contributed by atoms with Crippen molar-refractivity contribution in [3.8, 4) is 0 Å². The molecule has 19 heavy (non-hydrogen) atoms. The zero-order chi connectivity index (χ0) is 14.8. The highest BCUT2D eigenvalue weighted by Crippen LogP contribution is 2.25. The Kier molecular flexibility index (Phi) is 5.15. The summed E-state index contributed by atoms with van der Waals surface area (Å²) < 4.78 is 40.2. The van der Waals surface area contributed by atoms with Crippen molar-refractivity contribution in [2.45, 2.75) is 32.6 Å². The summed E-state index contributed by atoms with van der Waals surface area (Å²) >= 11 is 2.99. The number of rotatable bonds is 4. The van der Waals surface area contributed by atoms with E-state index in [9.17, 15) is 12.8 Å². The summed E-state index contributed by atoms with van der Waals surface area (Å²) in [5.74, 6) is -0.422. The average molecular weight is 352 g/mol. The molecular formula is C13H19BrFNO2S. The predicted molar refractivity (Wildman–Crippen MR) is 77.9 cm³/mol. The first-order valence-corrected chi connectivity index (χ1v) is 8.26. The molecule has 6 heteroatoms. The van der Waals surface area contributed by atoms with E-state index in [1.807, 2.05) is 27.7 Å². The predicted octanol–water partition coefficient (Wildman–Crippen LogP) is 3.55.